The van der Waals surface area contributed by atoms with Gasteiger partial charge >= 0.3 is 0 Å². The van der Waals surface area contributed by atoms with E-state index in [-0.39, 0.29) is 6.10 Å². The minimum absolute atomic E-state index is 0.269. The minimum atomic E-state index is -0.269. The lowest BCUT2D eigenvalue weighted by molar-refractivity contribution is 0.0662. The third-order valence-electron chi connectivity index (χ3n) is 4.22. The highest BCUT2D eigenvalue weighted by molar-refractivity contribution is 7.11. The van der Waals surface area contributed by atoms with E-state index in [0.717, 1.165) is 43.5 Å². The molecule has 1 N–H and O–H groups in total. The zero-order valence-corrected chi connectivity index (χ0v) is 14.4. The Morgan fingerprint density at radius 1 is 1.48 bits per heavy atom. The van der Waals surface area contributed by atoms with Crippen LogP contribution in [-0.4, -0.2) is 59.2 Å². The van der Waals surface area contributed by atoms with Crippen molar-refractivity contribution in [3.05, 3.63) is 16.1 Å². The van der Waals surface area contributed by atoms with Crippen LogP contribution in [0.2, 0.25) is 0 Å². The number of nitrogens with zero attached hydrogens (tertiary/aromatic N) is 3. The summed E-state index contributed by atoms with van der Waals surface area (Å²) in [5, 5.41) is 11.4. The van der Waals surface area contributed by atoms with Gasteiger partial charge in [-0.25, -0.2) is 4.98 Å². The van der Waals surface area contributed by atoms with E-state index >= 15 is 0 Å². The zero-order chi connectivity index (χ0) is 15.2. The fourth-order valence-electron chi connectivity index (χ4n) is 2.84. The highest BCUT2D eigenvalue weighted by Crippen LogP contribution is 2.17. The van der Waals surface area contributed by atoms with E-state index in [4.69, 9.17) is 0 Å². The van der Waals surface area contributed by atoms with Gasteiger partial charge in [-0.3, -0.25) is 4.90 Å². The number of likely N-dealkylation sites (tertiary alicyclic amines) is 1. The number of aromatic nitrogens is 1. The van der Waals surface area contributed by atoms with Gasteiger partial charge in [0.05, 0.1) is 12.6 Å². The molecule has 0 aromatic carbocycles. The van der Waals surface area contributed by atoms with Gasteiger partial charge in [0.25, 0.3) is 0 Å². The molecule has 120 valence electrons. The van der Waals surface area contributed by atoms with Gasteiger partial charge in [-0.15, -0.1) is 11.3 Å². The molecule has 2 heterocycles. The monoisotopic (exact) mass is 311 g/mol. The number of likely N-dealkylation sites (N-methyl/N-ethyl adjacent to an activating group) is 1. The molecule has 1 aliphatic heterocycles. The molecule has 4 nitrogen and oxygen atoms in total. The summed E-state index contributed by atoms with van der Waals surface area (Å²) < 4.78 is 0. The normalized spacial score (nSPS) is 19.3. The van der Waals surface area contributed by atoms with Crippen LogP contribution in [0.25, 0.3) is 0 Å². The molecule has 0 radical (unpaired) electrons. The summed E-state index contributed by atoms with van der Waals surface area (Å²) in [5.74, 6) is 0.846. The van der Waals surface area contributed by atoms with Crippen molar-refractivity contribution in [1.29, 1.82) is 0 Å². The number of thiazole rings is 1. The Labute approximate surface area is 132 Å². The van der Waals surface area contributed by atoms with Gasteiger partial charge < -0.3 is 10.0 Å². The van der Waals surface area contributed by atoms with Gasteiger partial charge in [-0.2, -0.15) is 0 Å². The largest absolute Gasteiger partial charge is 0.390 e. The summed E-state index contributed by atoms with van der Waals surface area (Å²) in [4.78, 5) is 10.4. The molecule has 1 aliphatic rings. The molecule has 1 aromatic heterocycles. The lowest BCUT2D eigenvalue weighted by atomic mass is 9.99. The van der Waals surface area contributed by atoms with Crippen molar-refractivity contribution >= 4 is 11.3 Å². The first-order valence-corrected chi connectivity index (χ1v) is 8.91. The van der Waals surface area contributed by atoms with Crippen LogP contribution in [0.1, 0.15) is 36.6 Å². The number of rotatable bonds is 7. The summed E-state index contributed by atoms with van der Waals surface area (Å²) >= 11 is 1.78. The van der Waals surface area contributed by atoms with Crippen molar-refractivity contribution in [2.75, 3.05) is 33.2 Å². The number of aliphatic hydroxyl groups excluding tert-OH is 1. The molecule has 5 heteroatoms. The molecule has 1 saturated heterocycles. The second-order valence-corrected chi connectivity index (χ2v) is 7.61. The van der Waals surface area contributed by atoms with Gasteiger partial charge in [0.2, 0.25) is 0 Å². The SMILES string of the molecule is CCc1cnc(CN(C)CC(O)CN2CCC(C)CC2)s1. The van der Waals surface area contributed by atoms with Crippen LogP contribution >= 0.6 is 11.3 Å². The molecule has 0 aliphatic carbocycles. The average molecular weight is 311 g/mol. The van der Waals surface area contributed by atoms with E-state index in [1.165, 1.54) is 17.7 Å². The van der Waals surface area contributed by atoms with Crippen LogP contribution in [0.5, 0.6) is 0 Å². The van der Waals surface area contributed by atoms with Gasteiger partial charge in [-0.05, 0) is 45.3 Å². The number of aryl methyl sites for hydroxylation is 1. The van der Waals surface area contributed by atoms with E-state index in [1.807, 2.05) is 6.20 Å². The Morgan fingerprint density at radius 2 is 2.19 bits per heavy atom. The van der Waals surface area contributed by atoms with Crippen LogP contribution in [0.15, 0.2) is 6.20 Å². The number of aliphatic hydroxyl groups is 1. The lowest BCUT2D eigenvalue weighted by Crippen LogP contribution is -2.42. The van der Waals surface area contributed by atoms with E-state index in [1.54, 1.807) is 11.3 Å². The van der Waals surface area contributed by atoms with Crippen LogP contribution in [0.4, 0.5) is 0 Å². The maximum atomic E-state index is 10.3. The molecule has 1 unspecified atom stereocenters. The third kappa shape index (κ3) is 5.66. The van der Waals surface area contributed by atoms with Crippen molar-refractivity contribution in [2.45, 2.75) is 45.8 Å². The number of piperidine rings is 1. The molecule has 1 aromatic rings. The number of hydrogen-bond donors (Lipinski definition) is 1. The minimum Gasteiger partial charge on any atom is -0.390 e. The summed E-state index contributed by atoms with van der Waals surface area (Å²) in [6.07, 6.45) is 5.29. The highest BCUT2D eigenvalue weighted by Gasteiger charge is 2.19. The maximum absolute atomic E-state index is 10.3. The predicted molar refractivity (Wildman–Crippen MR) is 88.7 cm³/mol. The topological polar surface area (TPSA) is 39.6 Å². The number of hydrogen-bond acceptors (Lipinski definition) is 5. The van der Waals surface area contributed by atoms with Crippen molar-refractivity contribution in [3.8, 4) is 0 Å². The Hall–Kier alpha value is -0.490. The first kappa shape index (κ1) is 16.9. The number of β-amino-alcohol motifs (C(OH)–C–C–N with tert-alkyl or cyclic N) is 1. The van der Waals surface area contributed by atoms with Crippen LogP contribution in [0, 0.1) is 5.92 Å². The highest BCUT2D eigenvalue weighted by atomic mass is 32.1. The Kier molecular flexibility index (Phi) is 6.61. The van der Waals surface area contributed by atoms with Crippen molar-refractivity contribution in [3.63, 3.8) is 0 Å². The molecular weight excluding hydrogens is 282 g/mol. The molecule has 1 fully saturated rings. The second kappa shape index (κ2) is 8.22. The fraction of sp³-hybridized carbons (Fsp3) is 0.812. The van der Waals surface area contributed by atoms with Crippen molar-refractivity contribution in [1.82, 2.24) is 14.8 Å². The van der Waals surface area contributed by atoms with Gasteiger partial charge in [0.15, 0.2) is 0 Å². The van der Waals surface area contributed by atoms with Crippen LogP contribution in [-0.2, 0) is 13.0 Å². The molecule has 0 saturated carbocycles. The molecule has 2 rings (SSSR count). The predicted octanol–water partition coefficient (Wildman–Crippen LogP) is 2.23. The molecule has 0 bridgehead atoms. The van der Waals surface area contributed by atoms with E-state index in [9.17, 15) is 5.11 Å². The lowest BCUT2D eigenvalue weighted by Gasteiger charge is -2.32. The van der Waals surface area contributed by atoms with Crippen molar-refractivity contribution in [2.24, 2.45) is 5.92 Å². The summed E-state index contributed by atoms with van der Waals surface area (Å²) in [5.41, 5.74) is 0. The standard InChI is InChI=1S/C16H29N3OS/c1-4-15-9-17-16(21-15)12-18(3)10-14(20)11-19-7-5-13(2)6-8-19/h9,13-14,20H,4-8,10-12H2,1-3H3. The van der Waals surface area contributed by atoms with E-state index in [2.05, 4.69) is 35.7 Å². The first-order chi connectivity index (χ1) is 10.1. The van der Waals surface area contributed by atoms with Gasteiger partial charge in [0, 0.05) is 24.2 Å². The van der Waals surface area contributed by atoms with Crippen LogP contribution < -0.4 is 0 Å². The molecular formula is C16H29N3OS. The maximum Gasteiger partial charge on any atom is 0.107 e. The summed E-state index contributed by atoms with van der Waals surface area (Å²) in [7, 11) is 2.06. The Balaban J connectivity index is 1.70. The summed E-state index contributed by atoms with van der Waals surface area (Å²) in [6, 6.07) is 0. The van der Waals surface area contributed by atoms with Gasteiger partial charge in [0.1, 0.15) is 5.01 Å². The van der Waals surface area contributed by atoms with E-state index < -0.39 is 0 Å². The smallest absolute Gasteiger partial charge is 0.107 e. The molecule has 0 spiro atoms. The Bertz CT molecular complexity index is 415. The Morgan fingerprint density at radius 3 is 2.81 bits per heavy atom. The average Bonchev–Trinajstić information content (AvgIpc) is 2.88. The summed E-state index contributed by atoms with van der Waals surface area (Å²) in [6.45, 7) is 9.09. The molecule has 1 atom stereocenters. The van der Waals surface area contributed by atoms with Gasteiger partial charge in [-0.1, -0.05) is 13.8 Å². The third-order valence-corrected chi connectivity index (χ3v) is 5.35. The first-order valence-electron chi connectivity index (χ1n) is 8.09. The second-order valence-electron chi connectivity index (χ2n) is 6.41. The zero-order valence-electron chi connectivity index (χ0n) is 13.6. The van der Waals surface area contributed by atoms with E-state index in [0.29, 0.717) is 6.54 Å². The fourth-order valence-corrected chi connectivity index (χ4v) is 3.78. The molecule has 0 amide bonds. The van der Waals surface area contributed by atoms with Crippen LogP contribution in [0.3, 0.4) is 0 Å². The molecule has 21 heavy (non-hydrogen) atoms. The van der Waals surface area contributed by atoms with Crippen molar-refractivity contribution < 1.29 is 5.11 Å². The quantitative estimate of drug-likeness (QED) is 0.838.